The summed E-state index contributed by atoms with van der Waals surface area (Å²) in [6, 6.07) is 12.3. The van der Waals surface area contributed by atoms with E-state index in [9.17, 15) is 4.79 Å². The molecule has 6 heteroatoms. The lowest BCUT2D eigenvalue weighted by Gasteiger charge is -2.36. The van der Waals surface area contributed by atoms with Gasteiger partial charge in [0.15, 0.2) is 0 Å². The molecule has 1 N–H and O–H groups in total. The van der Waals surface area contributed by atoms with Crippen molar-refractivity contribution in [1.29, 1.82) is 0 Å². The van der Waals surface area contributed by atoms with Gasteiger partial charge in [-0.1, -0.05) is 25.1 Å². The van der Waals surface area contributed by atoms with Crippen LogP contribution in [0.2, 0.25) is 0 Å². The normalized spacial score (nSPS) is 14.9. The Hall–Kier alpha value is -2.60. The minimum atomic E-state index is -0.0900. The molecule has 1 saturated heterocycles. The van der Waals surface area contributed by atoms with Crippen LogP contribution in [0, 0.1) is 0 Å². The number of aromatic nitrogens is 1. The average Bonchev–Trinajstić information content (AvgIpc) is 2.72. The molecule has 0 aliphatic carbocycles. The highest BCUT2D eigenvalue weighted by atomic mass is 16.2. The second-order valence-corrected chi connectivity index (χ2v) is 7.03. The summed E-state index contributed by atoms with van der Waals surface area (Å²) in [5.41, 5.74) is 3.91. The van der Waals surface area contributed by atoms with Crippen LogP contribution in [0.15, 0.2) is 42.6 Å². The summed E-state index contributed by atoms with van der Waals surface area (Å²) < 4.78 is 0. The summed E-state index contributed by atoms with van der Waals surface area (Å²) in [6.45, 7) is 8.38. The molecule has 2 heterocycles. The number of amides is 1. The highest BCUT2D eigenvalue weighted by molar-refractivity contribution is 5.92. The second kappa shape index (κ2) is 8.86. The fraction of sp³-hybridized carbons (Fsp3) is 0.429. The molecule has 2 aromatic rings. The third-order valence-corrected chi connectivity index (χ3v) is 5.02. The van der Waals surface area contributed by atoms with Crippen molar-refractivity contribution in [2.24, 2.45) is 0 Å². The molecule has 3 rings (SSSR count). The Morgan fingerprint density at radius 2 is 1.89 bits per heavy atom. The van der Waals surface area contributed by atoms with Crippen molar-refractivity contribution < 1.29 is 4.79 Å². The molecule has 1 aliphatic heterocycles. The number of piperazine rings is 1. The smallest absolute Gasteiger partial charge is 0.272 e. The van der Waals surface area contributed by atoms with Gasteiger partial charge in [-0.15, -0.1) is 0 Å². The zero-order valence-electron chi connectivity index (χ0n) is 16.5. The number of hydrogen-bond acceptors (Lipinski definition) is 5. The topological polar surface area (TPSA) is 51.7 Å². The number of carbonyl (C=O) groups excluding carboxylic acids is 1. The second-order valence-electron chi connectivity index (χ2n) is 7.03. The fourth-order valence-corrected chi connectivity index (χ4v) is 3.36. The number of rotatable bonds is 6. The summed E-state index contributed by atoms with van der Waals surface area (Å²) in [5, 5.41) is 3.45. The predicted molar refractivity (Wildman–Crippen MR) is 110 cm³/mol. The molecule has 0 unspecified atom stereocenters. The number of nitrogens with one attached hydrogen (secondary N) is 1. The first kappa shape index (κ1) is 19.2. The van der Waals surface area contributed by atoms with Crippen LogP contribution in [0.4, 0.5) is 11.4 Å². The van der Waals surface area contributed by atoms with Crippen molar-refractivity contribution >= 4 is 17.3 Å². The lowest BCUT2D eigenvalue weighted by atomic mass is 10.1. The molecule has 1 amide bonds. The fourth-order valence-electron chi connectivity index (χ4n) is 3.36. The van der Waals surface area contributed by atoms with Crippen molar-refractivity contribution in [2.45, 2.75) is 13.5 Å². The Balaban J connectivity index is 1.69. The van der Waals surface area contributed by atoms with Gasteiger partial charge in [-0.25, -0.2) is 0 Å². The van der Waals surface area contributed by atoms with Crippen LogP contribution < -0.4 is 10.2 Å². The summed E-state index contributed by atoms with van der Waals surface area (Å²) >= 11 is 0. The molecule has 0 radical (unpaired) electrons. The van der Waals surface area contributed by atoms with Gasteiger partial charge in [-0.2, -0.15) is 0 Å². The van der Waals surface area contributed by atoms with Gasteiger partial charge in [0, 0.05) is 64.4 Å². The minimum absolute atomic E-state index is 0.0900. The first-order valence-electron chi connectivity index (χ1n) is 9.55. The van der Waals surface area contributed by atoms with Gasteiger partial charge in [0.05, 0.1) is 0 Å². The molecular weight excluding hydrogens is 338 g/mol. The SMILES string of the molecule is CCN1CCN(c2ccccc2CNc2ccnc(C(=O)N(C)C)c2)CC1. The first-order chi connectivity index (χ1) is 13.1. The minimum Gasteiger partial charge on any atom is -0.381 e. The van der Waals surface area contributed by atoms with Crippen LogP contribution in [0.25, 0.3) is 0 Å². The molecule has 27 heavy (non-hydrogen) atoms. The van der Waals surface area contributed by atoms with E-state index >= 15 is 0 Å². The van der Waals surface area contributed by atoms with E-state index in [-0.39, 0.29) is 5.91 Å². The molecule has 1 aromatic carbocycles. The van der Waals surface area contributed by atoms with E-state index in [0.717, 1.165) is 38.4 Å². The van der Waals surface area contributed by atoms with Gasteiger partial charge in [-0.3, -0.25) is 9.78 Å². The van der Waals surface area contributed by atoms with Crippen molar-refractivity contribution in [3.8, 4) is 0 Å². The van der Waals surface area contributed by atoms with Gasteiger partial charge in [0.1, 0.15) is 5.69 Å². The lowest BCUT2D eigenvalue weighted by Crippen LogP contribution is -2.46. The van der Waals surface area contributed by atoms with Gasteiger partial charge in [0.25, 0.3) is 5.91 Å². The van der Waals surface area contributed by atoms with E-state index < -0.39 is 0 Å². The van der Waals surface area contributed by atoms with Gasteiger partial charge in [-0.05, 0) is 30.3 Å². The van der Waals surface area contributed by atoms with Gasteiger partial charge in [0.2, 0.25) is 0 Å². The number of pyridine rings is 1. The third-order valence-electron chi connectivity index (χ3n) is 5.02. The van der Waals surface area contributed by atoms with E-state index in [2.05, 4.69) is 51.3 Å². The van der Waals surface area contributed by atoms with Gasteiger partial charge >= 0.3 is 0 Å². The van der Waals surface area contributed by atoms with Crippen molar-refractivity contribution in [3.63, 3.8) is 0 Å². The summed E-state index contributed by atoms with van der Waals surface area (Å²) in [5.74, 6) is -0.0900. The molecular formula is C21H29N5O. The number of hydrogen-bond donors (Lipinski definition) is 1. The molecule has 1 aromatic heterocycles. The van der Waals surface area contributed by atoms with Crippen LogP contribution in [0.5, 0.6) is 0 Å². The Morgan fingerprint density at radius 3 is 2.59 bits per heavy atom. The van der Waals surface area contributed by atoms with Gasteiger partial charge < -0.3 is 20.0 Å². The Morgan fingerprint density at radius 1 is 1.15 bits per heavy atom. The number of anilines is 2. The maximum absolute atomic E-state index is 12.1. The largest absolute Gasteiger partial charge is 0.381 e. The molecule has 0 saturated carbocycles. The van der Waals surface area contributed by atoms with E-state index in [1.807, 2.05) is 12.1 Å². The number of nitrogens with zero attached hydrogens (tertiary/aromatic N) is 4. The van der Waals surface area contributed by atoms with Crippen LogP contribution in [-0.2, 0) is 6.54 Å². The molecule has 0 bridgehead atoms. The first-order valence-corrected chi connectivity index (χ1v) is 9.55. The number of benzene rings is 1. The Kier molecular flexibility index (Phi) is 6.29. The van der Waals surface area contributed by atoms with E-state index in [1.165, 1.54) is 16.2 Å². The number of likely N-dealkylation sites (N-methyl/N-ethyl adjacent to an activating group) is 1. The maximum atomic E-state index is 12.1. The monoisotopic (exact) mass is 367 g/mol. The molecule has 6 nitrogen and oxygen atoms in total. The Bertz CT molecular complexity index is 769. The van der Waals surface area contributed by atoms with E-state index in [1.54, 1.807) is 20.3 Å². The van der Waals surface area contributed by atoms with E-state index in [0.29, 0.717) is 12.2 Å². The lowest BCUT2D eigenvalue weighted by molar-refractivity contribution is 0.0822. The van der Waals surface area contributed by atoms with Crippen LogP contribution in [-0.4, -0.2) is 67.5 Å². The number of para-hydroxylation sites is 1. The summed E-state index contributed by atoms with van der Waals surface area (Å²) in [7, 11) is 3.47. The standard InChI is InChI=1S/C21H29N5O/c1-4-25-11-13-26(14-12-25)20-8-6-5-7-17(20)16-23-18-9-10-22-19(15-18)21(27)24(2)3/h5-10,15H,4,11-14,16H2,1-3H3,(H,22,23). The predicted octanol–water partition coefficient (Wildman–Crippen LogP) is 2.54. The molecule has 1 aliphatic rings. The van der Waals surface area contributed by atoms with Crippen molar-refractivity contribution in [2.75, 3.05) is 57.0 Å². The highest BCUT2D eigenvalue weighted by Crippen LogP contribution is 2.23. The maximum Gasteiger partial charge on any atom is 0.272 e. The Labute approximate surface area is 161 Å². The molecule has 144 valence electrons. The summed E-state index contributed by atoms with van der Waals surface area (Å²) in [6.07, 6.45) is 1.68. The highest BCUT2D eigenvalue weighted by Gasteiger charge is 2.18. The molecule has 0 atom stereocenters. The third kappa shape index (κ3) is 4.77. The zero-order valence-corrected chi connectivity index (χ0v) is 16.5. The quantitative estimate of drug-likeness (QED) is 0.850. The average molecular weight is 367 g/mol. The van der Waals surface area contributed by atoms with Crippen LogP contribution in [0.1, 0.15) is 23.0 Å². The van der Waals surface area contributed by atoms with E-state index in [4.69, 9.17) is 0 Å². The van der Waals surface area contributed by atoms with Crippen molar-refractivity contribution in [3.05, 3.63) is 53.9 Å². The number of carbonyl (C=O) groups is 1. The molecule has 1 fully saturated rings. The van der Waals surface area contributed by atoms with Crippen LogP contribution >= 0.6 is 0 Å². The van der Waals surface area contributed by atoms with Crippen LogP contribution in [0.3, 0.4) is 0 Å². The zero-order chi connectivity index (χ0) is 19.2. The van der Waals surface area contributed by atoms with Crippen molar-refractivity contribution in [1.82, 2.24) is 14.8 Å². The summed E-state index contributed by atoms with van der Waals surface area (Å²) in [4.78, 5) is 22.8. The molecule has 0 spiro atoms.